The fourth-order valence-electron chi connectivity index (χ4n) is 3.60. The van der Waals surface area contributed by atoms with E-state index in [9.17, 15) is 9.90 Å². The second kappa shape index (κ2) is 7.73. The molecule has 0 aromatic carbocycles. The van der Waals surface area contributed by atoms with Crippen LogP contribution in [-0.2, 0) is 4.74 Å². The number of hydrogen-bond donors (Lipinski definition) is 1. The maximum absolute atomic E-state index is 12.7. The lowest BCUT2D eigenvalue weighted by molar-refractivity contribution is 0.0375. The molecule has 1 N–H and O–H groups in total. The number of esters is 1. The van der Waals surface area contributed by atoms with Crippen LogP contribution in [0.4, 0.5) is 11.7 Å². The van der Waals surface area contributed by atoms with Gasteiger partial charge in [0, 0.05) is 36.6 Å². The number of aromatic nitrogens is 1. The number of nitrogens with zero attached hydrogens (tertiary/aromatic N) is 3. The summed E-state index contributed by atoms with van der Waals surface area (Å²) in [6.45, 7) is 7.30. The summed E-state index contributed by atoms with van der Waals surface area (Å²) in [5, 5.41) is 10.9. The maximum atomic E-state index is 12.7. The Morgan fingerprint density at radius 2 is 2.14 bits per heavy atom. The fourth-order valence-corrected chi connectivity index (χ4v) is 3.60. The number of pyridine rings is 1. The van der Waals surface area contributed by atoms with Gasteiger partial charge >= 0.3 is 5.97 Å². The van der Waals surface area contributed by atoms with Gasteiger partial charge in [-0.1, -0.05) is 6.92 Å². The summed E-state index contributed by atoms with van der Waals surface area (Å²) in [6, 6.07) is 3.73. The van der Waals surface area contributed by atoms with Crippen molar-refractivity contribution in [1.82, 2.24) is 4.98 Å². The van der Waals surface area contributed by atoms with Gasteiger partial charge in [-0.05, 0) is 50.8 Å². The molecule has 29 heavy (non-hydrogen) atoms. The van der Waals surface area contributed by atoms with Crippen molar-refractivity contribution in [2.45, 2.75) is 39.7 Å². The number of aromatic hydroxyl groups is 1. The van der Waals surface area contributed by atoms with Crippen LogP contribution in [0.15, 0.2) is 27.7 Å². The van der Waals surface area contributed by atoms with Crippen LogP contribution in [0.1, 0.15) is 55.3 Å². The third-order valence-corrected chi connectivity index (χ3v) is 5.22. The van der Waals surface area contributed by atoms with Gasteiger partial charge in [0.25, 0.3) is 0 Å². The highest BCUT2D eigenvalue weighted by atomic mass is 16.5. The Labute approximate surface area is 169 Å². The number of rotatable bonds is 4. The average Bonchev–Trinajstić information content (AvgIpc) is 3.24. The molecule has 0 bridgehead atoms. The van der Waals surface area contributed by atoms with Gasteiger partial charge in [-0.25, -0.2) is 14.8 Å². The zero-order valence-corrected chi connectivity index (χ0v) is 16.9. The monoisotopic (exact) mass is 395 g/mol. The number of hydrogen-bond acceptors (Lipinski definition) is 7. The van der Waals surface area contributed by atoms with E-state index in [0.717, 1.165) is 37.1 Å². The molecule has 2 aromatic heterocycles. The Kier molecular flexibility index (Phi) is 5.13. The zero-order chi connectivity index (χ0) is 20.5. The Morgan fingerprint density at radius 1 is 1.38 bits per heavy atom. The third-order valence-electron chi connectivity index (χ3n) is 5.22. The lowest BCUT2D eigenvalue weighted by atomic mass is 9.99. The minimum Gasteiger partial charge on any atom is -0.504 e. The average molecular weight is 395 g/mol. The van der Waals surface area contributed by atoms with E-state index in [0.29, 0.717) is 17.6 Å². The van der Waals surface area contributed by atoms with Crippen LogP contribution in [0.5, 0.6) is 5.75 Å². The van der Waals surface area contributed by atoms with Crippen LogP contribution in [0.2, 0.25) is 0 Å². The van der Waals surface area contributed by atoms with Gasteiger partial charge in [-0.2, -0.15) is 0 Å². The van der Waals surface area contributed by atoms with Crippen LogP contribution in [0.3, 0.4) is 0 Å². The van der Waals surface area contributed by atoms with Gasteiger partial charge in [0.1, 0.15) is 0 Å². The third kappa shape index (κ3) is 3.77. The van der Waals surface area contributed by atoms with E-state index in [1.807, 2.05) is 17.0 Å². The Balaban J connectivity index is 1.75. The number of allylic oxidation sites excluding steroid dienone is 1. The summed E-state index contributed by atoms with van der Waals surface area (Å²) < 4.78 is 11.4. The van der Waals surface area contributed by atoms with Crippen LogP contribution in [-0.4, -0.2) is 41.5 Å². The number of furan rings is 1. The molecule has 7 nitrogen and oxygen atoms in total. The van der Waals surface area contributed by atoms with E-state index in [-0.39, 0.29) is 23.2 Å². The topological polar surface area (TPSA) is 88.2 Å². The van der Waals surface area contributed by atoms with Gasteiger partial charge in [0.05, 0.1) is 6.10 Å². The van der Waals surface area contributed by atoms with Crippen LogP contribution in [0.25, 0.3) is 11.6 Å². The van der Waals surface area contributed by atoms with E-state index in [1.54, 1.807) is 32.3 Å². The molecule has 0 aliphatic carbocycles. The molecule has 1 saturated heterocycles. The molecule has 0 unspecified atom stereocenters. The van der Waals surface area contributed by atoms with Gasteiger partial charge in [-0.3, -0.25) is 0 Å². The van der Waals surface area contributed by atoms with Gasteiger partial charge in [0.2, 0.25) is 5.88 Å². The maximum Gasteiger partial charge on any atom is 0.347 e. The van der Waals surface area contributed by atoms with Gasteiger partial charge in [0.15, 0.2) is 22.9 Å². The molecule has 152 valence electrons. The van der Waals surface area contributed by atoms with Crippen molar-refractivity contribution in [3.63, 3.8) is 0 Å². The minimum atomic E-state index is -0.582. The predicted molar refractivity (Wildman–Crippen MR) is 112 cm³/mol. The smallest absolute Gasteiger partial charge is 0.347 e. The molecular formula is C22H25N3O4. The summed E-state index contributed by atoms with van der Waals surface area (Å²) in [5.41, 5.74) is 1.70. The number of carbonyl (C=O) groups is 1. The summed E-state index contributed by atoms with van der Waals surface area (Å²) in [7, 11) is 0. The predicted octanol–water partition coefficient (Wildman–Crippen LogP) is 4.44. The normalized spacial score (nSPS) is 17.9. The molecule has 0 radical (unpaired) electrons. The first-order valence-electron chi connectivity index (χ1n) is 9.97. The van der Waals surface area contributed by atoms with E-state index < -0.39 is 5.97 Å². The van der Waals surface area contributed by atoms with E-state index >= 15 is 0 Å². The number of ether oxygens (including phenoxy) is 1. The zero-order valence-electron chi connectivity index (χ0n) is 16.9. The molecule has 2 aliphatic rings. The summed E-state index contributed by atoms with van der Waals surface area (Å²) in [6.07, 6.45) is 6.75. The number of aliphatic imine (C=N–C) groups is 1. The van der Waals surface area contributed by atoms with Crippen molar-refractivity contribution in [2.75, 3.05) is 18.0 Å². The van der Waals surface area contributed by atoms with Crippen molar-refractivity contribution in [2.24, 2.45) is 10.9 Å². The highest BCUT2D eigenvalue weighted by Gasteiger charge is 2.32. The first-order chi connectivity index (χ1) is 13.9. The summed E-state index contributed by atoms with van der Waals surface area (Å²) in [5.74, 6) is 1.04. The standard InChI is InChI=1S/C22H25N3O4/c1-13(2)28-22(27)18-19(26)17(29-21(18)25-9-6-14(3)7-10-25)11-15-12-24-20-16(15)5-4-8-23-20/h4-5,8,11-14,26H,6-7,9-10H2,1-3H3. The second-order valence-corrected chi connectivity index (χ2v) is 7.85. The highest BCUT2D eigenvalue weighted by Crippen LogP contribution is 2.41. The van der Waals surface area contributed by atoms with Crippen LogP contribution >= 0.6 is 0 Å². The Morgan fingerprint density at radius 3 is 2.86 bits per heavy atom. The molecule has 1 fully saturated rings. The van der Waals surface area contributed by atoms with Crippen molar-refractivity contribution in [3.8, 4) is 5.75 Å². The first kappa shape index (κ1) is 19.2. The molecule has 0 spiro atoms. The quantitative estimate of drug-likeness (QED) is 0.770. The molecule has 4 rings (SSSR count). The first-order valence-corrected chi connectivity index (χ1v) is 9.97. The van der Waals surface area contributed by atoms with E-state index in [2.05, 4.69) is 16.9 Å². The molecule has 2 aromatic rings. The SMILES string of the molecule is CC1CCN(c2oc(C=C3C=Nc4ncccc43)c(O)c2C(=O)OC(C)C)CC1. The van der Waals surface area contributed by atoms with Crippen LogP contribution in [0, 0.1) is 5.92 Å². The molecule has 7 heteroatoms. The molecule has 4 heterocycles. The molecule has 0 saturated carbocycles. The van der Waals surface area contributed by atoms with Crippen molar-refractivity contribution in [1.29, 1.82) is 0 Å². The lowest BCUT2D eigenvalue weighted by Gasteiger charge is -2.30. The summed E-state index contributed by atoms with van der Waals surface area (Å²) >= 11 is 0. The molecule has 0 amide bonds. The van der Waals surface area contributed by atoms with Gasteiger partial charge in [-0.15, -0.1) is 0 Å². The molecular weight excluding hydrogens is 370 g/mol. The number of piperidine rings is 1. The largest absolute Gasteiger partial charge is 0.504 e. The minimum absolute atomic E-state index is 0.0847. The Hall–Kier alpha value is -3.09. The van der Waals surface area contributed by atoms with Gasteiger partial charge < -0.3 is 19.2 Å². The van der Waals surface area contributed by atoms with E-state index in [4.69, 9.17) is 9.15 Å². The van der Waals surface area contributed by atoms with Crippen molar-refractivity contribution >= 4 is 35.5 Å². The van der Waals surface area contributed by atoms with Crippen LogP contribution < -0.4 is 4.90 Å². The second-order valence-electron chi connectivity index (χ2n) is 7.85. The van der Waals surface area contributed by atoms with Crippen molar-refractivity contribution in [3.05, 3.63) is 35.2 Å². The van der Waals surface area contributed by atoms with E-state index in [1.165, 1.54) is 0 Å². The summed E-state index contributed by atoms with van der Waals surface area (Å²) in [4.78, 5) is 23.2. The highest BCUT2D eigenvalue weighted by molar-refractivity contribution is 6.21. The number of fused-ring (bicyclic) bond motifs is 1. The lowest BCUT2D eigenvalue weighted by Crippen LogP contribution is -2.33. The number of anilines is 1. The Bertz CT molecular complexity index is 982. The fraction of sp³-hybridized carbons (Fsp3) is 0.409. The molecule has 0 atom stereocenters. The molecule has 2 aliphatic heterocycles. The number of carbonyl (C=O) groups excluding carboxylic acids is 1. The van der Waals surface area contributed by atoms with Crippen molar-refractivity contribution < 1.29 is 19.1 Å².